The summed E-state index contributed by atoms with van der Waals surface area (Å²) in [6, 6.07) is 13.4. The Bertz CT molecular complexity index is 712. The summed E-state index contributed by atoms with van der Waals surface area (Å²) < 4.78 is 5.69. The molecule has 2 heterocycles. The van der Waals surface area contributed by atoms with E-state index in [0.717, 1.165) is 16.6 Å². The summed E-state index contributed by atoms with van der Waals surface area (Å²) in [6.45, 7) is 0.688. The van der Waals surface area contributed by atoms with Crippen molar-refractivity contribution in [3.05, 3.63) is 54.4 Å². The van der Waals surface area contributed by atoms with E-state index in [1.165, 1.54) is 0 Å². The van der Waals surface area contributed by atoms with Crippen molar-refractivity contribution >= 4 is 10.9 Å². The van der Waals surface area contributed by atoms with Gasteiger partial charge in [0.05, 0.1) is 11.2 Å². The lowest BCUT2D eigenvalue weighted by Crippen LogP contribution is -2.07. The van der Waals surface area contributed by atoms with Crippen LogP contribution in [-0.2, 0) is 6.54 Å². The highest BCUT2D eigenvalue weighted by Crippen LogP contribution is 2.22. The summed E-state index contributed by atoms with van der Waals surface area (Å²) in [4.78, 5) is 4.30. The van der Waals surface area contributed by atoms with Gasteiger partial charge in [-0.1, -0.05) is 6.07 Å². The van der Waals surface area contributed by atoms with E-state index in [9.17, 15) is 0 Å². The van der Waals surface area contributed by atoms with Crippen molar-refractivity contribution in [2.45, 2.75) is 6.54 Å². The van der Waals surface area contributed by atoms with Crippen molar-refractivity contribution in [1.82, 2.24) is 20.5 Å². The first-order valence-electron chi connectivity index (χ1n) is 6.35. The molecule has 3 rings (SSSR count). The molecule has 0 amide bonds. The molecule has 0 spiro atoms. The molecule has 0 fully saturated rings. The monoisotopic (exact) mass is 266 g/mol. The van der Waals surface area contributed by atoms with Crippen LogP contribution in [0.3, 0.4) is 0 Å². The number of benzene rings is 1. The third-order valence-corrected chi connectivity index (χ3v) is 2.85. The zero-order chi connectivity index (χ0) is 13.8. The van der Waals surface area contributed by atoms with E-state index >= 15 is 0 Å². The van der Waals surface area contributed by atoms with Crippen LogP contribution in [0.15, 0.2) is 48.7 Å². The van der Waals surface area contributed by atoms with E-state index in [1.54, 1.807) is 6.20 Å². The Morgan fingerprint density at radius 1 is 1.10 bits per heavy atom. The van der Waals surface area contributed by atoms with Crippen molar-refractivity contribution in [3.63, 3.8) is 0 Å². The molecule has 0 unspecified atom stereocenters. The maximum atomic E-state index is 5.69. The van der Waals surface area contributed by atoms with Gasteiger partial charge in [0.25, 0.3) is 0 Å². The van der Waals surface area contributed by atoms with Crippen LogP contribution in [0.25, 0.3) is 10.9 Å². The lowest BCUT2D eigenvalue weighted by atomic mass is 10.2. The normalized spacial score (nSPS) is 10.7. The van der Waals surface area contributed by atoms with Crippen molar-refractivity contribution < 1.29 is 4.74 Å². The van der Waals surface area contributed by atoms with Gasteiger partial charge in [-0.2, -0.15) is 5.10 Å². The molecule has 0 saturated heterocycles. The predicted molar refractivity (Wildman–Crippen MR) is 76.6 cm³/mol. The molecule has 0 aliphatic carbocycles. The van der Waals surface area contributed by atoms with Crippen LogP contribution in [0.4, 0.5) is 0 Å². The van der Waals surface area contributed by atoms with E-state index in [2.05, 4.69) is 20.5 Å². The Balaban J connectivity index is 1.81. The van der Waals surface area contributed by atoms with Crippen LogP contribution in [0.1, 0.15) is 5.69 Å². The molecule has 1 aromatic carbocycles. The average molecular weight is 266 g/mol. The molecule has 5 nitrogen and oxygen atoms in total. The van der Waals surface area contributed by atoms with Gasteiger partial charge in [0.2, 0.25) is 5.88 Å². The second kappa shape index (κ2) is 5.63. The number of pyridine rings is 1. The largest absolute Gasteiger partial charge is 0.437 e. The number of nitrogens with zero attached hydrogens (tertiary/aromatic N) is 3. The molecule has 1 N–H and O–H groups in total. The third-order valence-electron chi connectivity index (χ3n) is 2.85. The minimum absolute atomic E-state index is 0.472. The van der Waals surface area contributed by atoms with Crippen LogP contribution in [0.5, 0.6) is 11.6 Å². The molecule has 0 bridgehead atoms. The van der Waals surface area contributed by atoms with Crippen LogP contribution >= 0.6 is 0 Å². The molecule has 0 atom stereocenters. The summed E-state index contributed by atoms with van der Waals surface area (Å²) >= 11 is 0. The molecular formula is C15H14N4O. The van der Waals surface area contributed by atoms with Gasteiger partial charge in [0, 0.05) is 30.3 Å². The highest BCUT2D eigenvalue weighted by atomic mass is 16.5. The van der Waals surface area contributed by atoms with Crippen molar-refractivity contribution in [1.29, 1.82) is 0 Å². The number of hydrogen-bond donors (Lipinski definition) is 1. The van der Waals surface area contributed by atoms with Gasteiger partial charge in [-0.25, -0.2) is 0 Å². The van der Waals surface area contributed by atoms with E-state index < -0.39 is 0 Å². The van der Waals surface area contributed by atoms with Gasteiger partial charge in [0.1, 0.15) is 5.75 Å². The quantitative estimate of drug-likeness (QED) is 0.786. The second-order valence-corrected chi connectivity index (χ2v) is 4.35. The Morgan fingerprint density at radius 3 is 2.85 bits per heavy atom. The summed E-state index contributed by atoms with van der Waals surface area (Å²) in [5.41, 5.74) is 1.77. The number of fused-ring (bicyclic) bond motifs is 1. The Morgan fingerprint density at radius 2 is 2.05 bits per heavy atom. The zero-order valence-corrected chi connectivity index (χ0v) is 11.1. The molecule has 100 valence electrons. The van der Waals surface area contributed by atoms with E-state index in [4.69, 9.17) is 4.74 Å². The molecule has 0 aliphatic rings. The number of rotatable bonds is 4. The Kier molecular flexibility index (Phi) is 3.52. The summed E-state index contributed by atoms with van der Waals surface area (Å²) in [5.74, 6) is 1.17. The minimum Gasteiger partial charge on any atom is -0.437 e. The second-order valence-electron chi connectivity index (χ2n) is 4.35. The van der Waals surface area contributed by atoms with Gasteiger partial charge >= 0.3 is 0 Å². The lowest BCUT2D eigenvalue weighted by molar-refractivity contribution is 0.454. The van der Waals surface area contributed by atoms with Crippen molar-refractivity contribution in [3.8, 4) is 11.6 Å². The average Bonchev–Trinajstić information content (AvgIpc) is 2.49. The fourth-order valence-electron chi connectivity index (χ4n) is 1.91. The number of nitrogens with one attached hydrogen (secondary N) is 1. The molecule has 20 heavy (non-hydrogen) atoms. The fraction of sp³-hybridized carbons (Fsp3) is 0.133. The standard InChI is InChI=1S/C15H14N4O/c1-16-10-12-5-7-15(19-18-12)20-13-6-4-11-3-2-8-17-14(11)9-13/h2-9,16H,10H2,1H3. The molecular weight excluding hydrogens is 252 g/mol. The van der Waals surface area contributed by atoms with Crippen LogP contribution in [-0.4, -0.2) is 22.2 Å². The van der Waals surface area contributed by atoms with Crippen molar-refractivity contribution in [2.75, 3.05) is 7.05 Å². The van der Waals surface area contributed by atoms with Gasteiger partial charge in [-0.3, -0.25) is 4.98 Å². The summed E-state index contributed by atoms with van der Waals surface area (Å²) in [7, 11) is 1.87. The highest BCUT2D eigenvalue weighted by molar-refractivity contribution is 5.79. The first kappa shape index (κ1) is 12.5. The Hall–Kier alpha value is -2.53. The Labute approximate surface area is 116 Å². The lowest BCUT2D eigenvalue weighted by Gasteiger charge is -2.05. The highest BCUT2D eigenvalue weighted by Gasteiger charge is 2.02. The zero-order valence-electron chi connectivity index (χ0n) is 11.1. The SMILES string of the molecule is CNCc1ccc(Oc2ccc3cccnc3c2)nn1. The molecule has 0 radical (unpaired) electrons. The van der Waals surface area contributed by atoms with Gasteiger partial charge in [-0.05, 0) is 31.3 Å². The van der Waals surface area contributed by atoms with Crippen LogP contribution in [0, 0.1) is 0 Å². The van der Waals surface area contributed by atoms with E-state index in [0.29, 0.717) is 18.2 Å². The molecule has 0 saturated carbocycles. The fourth-order valence-corrected chi connectivity index (χ4v) is 1.91. The van der Waals surface area contributed by atoms with Gasteiger partial charge < -0.3 is 10.1 Å². The van der Waals surface area contributed by atoms with Crippen molar-refractivity contribution in [2.24, 2.45) is 0 Å². The first-order chi connectivity index (χ1) is 9.85. The maximum absolute atomic E-state index is 5.69. The first-order valence-corrected chi connectivity index (χ1v) is 6.35. The smallest absolute Gasteiger partial charge is 0.238 e. The summed E-state index contributed by atoms with van der Waals surface area (Å²) in [6.07, 6.45) is 1.76. The van der Waals surface area contributed by atoms with E-state index in [1.807, 2.05) is 49.5 Å². The molecule has 3 aromatic rings. The number of ether oxygens (including phenoxy) is 1. The molecule has 2 aromatic heterocycles. The summed E-state index contributed by atoms with van der Waals surface area (Å²) in [5, 5.41) is 12.2. The van der Waals surface area contributed by atoms with Crippen LogP contribution < -0.4 is 10.1 Å². The maximum Gasteiger partial charge on any atom is 0.238 e. The van der Waals surface area contributed by atoms with Gasteiger partial charge in [-0.15, -0.1) is 5.10 Å². The molecule has 5 heteroatoms. The van der Waals surface area contributed by atoms with Crippen LogP contribution in [0.2, 0.25) is 0 Å². The topological polar surface area (TPSA) is 59.9 Å². The molecule has 0 aliphatic heterocycles. The minimum atomic E-state index is 0.472. The van der Waals surface area contributed by atoms with Gasteiger partial charge in [0.15, 0.2) is 0 Å². The predicted octanol–water partition coefficient (Wildman–Crippen LogP) is 2.54. The van der Waals surface area contributed by atoms with E-state index in [-0.39, 0.29) is 0 Å². The number of aromatic nitrogens is 3. The third kappa shape index (κ3) is 2.73. The number of hydrogen-bond acceptors (Lipinski definition) is 5.